The molecule has 1 saturated heterocycles. The fourth-order valence-electron chi connectivity index (χ4n) is 4.32. The van der Waals surface area contributed by atoms with Gasteiger partial charge in [0, 0.05) is 36.7 Å². The van der Waals surface area contributed by atoms with Gasteiger partial charge in [-0.15, -0.1) is 0 Å². The van der Waals surface area contributed by atoms with Gasteiger partial charge < -0.3 is 24.4 Å². The van der Waals surface area contributed by atoms with E-state index in [1.54, 1.807) is 50.5 Å². The van der Waals surface area contributed by atoms with Crippen LogP contribution in [-0.2, 0) is 4.79 Å². The van der Waals surface area contributed by atoms with Gasteiger partial charge in [0.2, 0.25) is 5.91 Å². The highest BCUT2D eigenvalue weighted by atomic mass is 16.5. The van der Waals surface area contributed by atoms with Gasteiger partial charge in [-0.05, 0) is 55.2 Å². The van der Waals surface area contributed by atoms with E-state index < -0.39 is 0 Å². The van der Waals surface area contributed by atoms with Crippen molar-refractivity contribution in [3.63, 3.8) is 0 Å². The Bertz CT molecular complexity index is 988. The number of hydrogen-bond acceptors (Lipinski definition) is 5. The highest BCUT2D eigenvalue weighted by Crippen LogP contribution is 2.40. The van der Waals surface area contributed by atoms with Crippen LogP contribution in [0, 0.1) is 11.8 Å². The lowest BCUT2D eigenvalue weighted by atomic mass is 9.87. The second kappa shape index (κ2) is 9.51. The number of amides is 2. The van der Waals surface area contributed by atoms with Gasteiger partial charge in [-0.3, -0.25) is 9.59 Å². The molecule has 2 aromatic carbocycles. The van der Waals surface area contributed by atoms with Crippen molar-refractivity contribution in [3.05, 3.63) is 53.6 Å². The lowest BCUT2D eigenvalue weighted by Crippen LogP contribution is -2.36. The maximum atomic E-state index is 13.3. The van der Waals surface area contributed by atoms with Crippen molar-refractivity contribution < 1.29 is 23.8 Å². The first-order valence-corrected chi connectivity index (χ1v) is 11.0. The number of carbonyl (C=O) groups excluding carboxylic acids is 2. The highest BCUT2D eigenvalue weighted by Gasteiger charge is 2.42. The van der Waals surface area contributed by atoms with E-state index in [0.717, 1.165) is 5.56 Å². The minimum atomic E-state index is -0.371. The van der Waals surface area contributed by atoms with Crippen LogP contribution in [0.5, 0.6) is 17.2 Å². The van der Waals surface area contributed by atoms with Crippen LogP contribution in [0.2, 0.25) is 0 Å². The monoisotopic (exact) mass is 438 g/mol. The molecule has 1 aliphatic carbocycles. The van der Waals surface area contributed by atoms with Crippen molar-refractivity contribution in [2.45, 2.75) is 18.8 Å². The number of benzene rings is 2. The molecule has 0 aromatic heterocycles. The predicted octanol–water partition coefficient (Wildman–Crippen LogP) is 3.09. The van der Waals surface area contributed by atoms with Crippen LogP contribution in [0.4, 0.5) is 0 Å². The zero-order chi connectivity index (χ0) is 22.7. The molecular formula is C25H30N2O5. The zero-order valence-electron chi connectivity index (χ0n) is 18.8. The smallest absolute Gasteiger partial charge is 0.254 e. The van der Waals surface area contributed by atoms with Gasteiger partial charge in [-0.1, -0.05) is 6.07 Å². The maximum Gasteiger partial charge on any atom is 0.254 e. The quantitative estimate of drug-likeness (QED) is 0.685. The molecule has 4 rings (SSSR count). The Labute approximate surface area is 188 Å². The minimum Gasteiger partial charge on any atom is -0.497 e. The minimum absolute atomic E-state index is 0.0206. The van der Waals surface area contributed by atoms with Crippen LogP contribution in [0.3, 0.4) is 0 Å². The van der Waals surface area contributed by atoms with Crippen molar-refractivity contribution in [1.82, 2.24) is 10.2 Å². The van der Waals surface area contributed by atoms with Crippen molar-refractivity contribution in [3.8, 4) is 17.2 Å². The molecule has 170 valence electrons. The fraction of sp³-hybridized carbons (Fsp3) is 0.440. The zero-order valence-corrected chi connectivity index (χ0v) is 18.8. The largest absolute Gasteiger partial charge is 0.497 e. The number of hydrogen-bond donors (Lipinski definition) is 1. The van der Waals surface area contributed by atoms with E-state index in [1.807, 2.05) is 18.2 Å². The lowest BCUT2D eigenvalue weighted by Gasteiger charge is -2.21. The second-order valence-corrected chi connectivity index (χ2v) is 8.45. The van der Waals surface area contributed by atoms with Crippen molar-refractivity contribution in [2.75, 3.05) is 41.0 Å². The third kappa shape index (κ3) is 4.66. The number of nitrogens with zero attached hydrogens (tertiary/aromatic N) is 1. The summed E-state index contributed by atoms with van der Waals surface area (Å²) in [6.07, 6.45) is 2.33. The van der Waals surface area contributed by atoms with Gasteiger partial charge in [-0.25, -0.2) is 0 Å². The maximum absolute atomic E-state index is 13.3. The van der Waals surface area contributed by atoms with E-state index in [4.69, 9.17) is 14.2 Å². The molecule has 0 bridgehead atoms. The SMILES string of the molecule is COc1cccc(C(=O)N2CC(C(=O)NCC3CC3)C(c3cc(OC)ccc3OC)C2)c1. The first-order chi connectivity index (χ1) is 15.5. The number of ether oxygens (including phenoxy) is 3. The average molecular weight is 439 g/mol. The summed E-state index contributed by atoms with van der Waals surface area (Å²) in [5.41, 5.74) is 1.42. The van der Waals surface area contributed by atoms with Gasteiger partial charge in [-0.2, -0.15) is 0 Å². The number of carbonyl (C=O) groups is 2. The Kier molecular flexibility index (Phi) is 6.53. The Morgan fingerprint density at radius 2 is 1.72 bits per heavy atom. The molecule has 2 unspecified atom stereocenters. The first kappa shape index (κ1) is 22.0. The van der Waals surface area contributed by atoms with E-state index in [9.17, 15) is 9.59 Å². The number of rotatable bonds is 8. The van der Waals surface area contributed by atoms with Crippen LogP contribution in [0.15, 0.2) is 42.5 Å². The highest BCUT2D eigenvalue weighted by molar-refractivity contribution is 5.95. The van der Waals surface area contributed by atoms with Crippen LogP contribution < -0.4 is 19.5 Å². The number of likely N-dealkylation sites (tertiary alicyclic amines) is 1. The molecule has 32 heavy (non-hydrogen) atoms. The van der Waals surface area contributed by atoms with E-state index in [1.165, 1.54) is 12.8 Å². The van der Waals surface area contributed by atoms with Gasteiger partial charge in [0.25, 0.3) is 5.91 Å². The number of nitrogens with one attached hydrogen (secondary N) is 1. The summed E-state index contributed by atoms with van der Waals surface area (Å²) < 4.78 is 16.3. The summed E-state index contributed by atoms with van der Waals surface area (Å²) in [5, 5.41) is 3.10. The molecule has 1 aliphatic heterocycles. The molecular weight excluding hydrogens is 408 g/mol. The van der Waals surface area contributed by atoms with Crippen LogP contribution in [-0.4, -0.2) is 57.7 Å². The van der Waals surface area contributed by atoms with Crippen molar-refractivity contribution in [2.24, 2.45) is 11.8 Å². The molecule has 0 spiro atoms. The molecule has 2 atom stereocenters. The molecule has 7 heteroatoms. The average Bonchev–Trinajstić information content (AvgIpc) is 3.57. The Balaban J connectivity index is 1.63. The third-order valence-corrected chi connectivity index (χ3v) is 6.36. The van der Waals surface area contributed by atoms with Crippen molar-refractivity contribution in [1.29, 1.82) is 0 Å². The molecule has 1 heterocycles. The lowest BCUT2D eigenvalue weighted by molar-refractivity contribution is -0.125. The second-order valence-electron chi connectivity index (χ2n) is 8.45. The van der Waals surface area contributed by atoms with E-state index in [2.05, 4.69) is 5.32 Å². The predicted molar refractivity (Wildman–Crippen MR) is 120 cm³/mol. The summed E-state index contributed by atoms with van der Waals surface area (Å²) in [6.45, 7) is 1.46. The molecule has 1 N–H and O–H groups in total. The molecule has 7 nitrogen and oxygen atoms in total. The van der Waals surface area contributed by atoms with E-state index in [0.29, 0.717) is 48.4 Å². The molecule has 1 saturated carbocycles. The number of methoxy groups -OCH3 is 3. The van der Waals surface area contributed by atoms with E-state index >= 15 is 0 Å². The van der Waals surface area contributed by atoms with Crippen LogP contribution >= 0.6 is 0 Å². The normalized spacial score (nSPS) is 20.0. The van der Waals surface area contributed by atoms with E-state index in [-0.39, 0.29) is 23.7 Å². The third-order valence-electron chi connectivity index (χ3n) is 6.36. The fourth-order valence-corrected chi connectivity index (χ4v) is 4.32. The first-order valence-electron chi connectivity index (χ1n) is 11.0. The van der Waals surface area contributed by atoms with Crippen molar-refractivity contribution >= 4 is 11.8 Å². The van der Waals surface area contributed by atoms with Crippen LogP contribution in [0.1, 0.15) is 34.7 Å². The van der Waals surface area contributed by atoms with Crippen LogP contribution in [0.25, 0.3) is 0 Å². The van der Waals surface area contributed by atoms with Gasteiger partial charge >= 0.3 is 0 Å². The Morgan fingerprint density at radius 1 is 0.969 bits per heavy atom. The summed E-state index contributed by atoms with van der Waals surface area (Å²) in [7, 11) is 4.80. The molecule has 2 fully saturated rings. The standard InChI is InChI=1S/C25H30N2O5/c1-30-18-6-4-5-17(11-18)25(29)27-14-21(20-12-19(31-2)9-10-23(20)32-3)22(15-27)24(28)26-13-16-7-8-16/h4-6,9-12,16,21-22H,7-8,13-15H2,1-3H3,(H,26,28). The summed E-state index contributed by atoms with van der Waals surface area (Å²) in [4.78, 5) is 28.2. The Hall–Kier alpha value is -3.22. The summed E-state index contributed by atoms with van der Waals surface area (Å²) in [5.74, 6) is 1.88. The Morgan fingerprint density at radius 3 is 2.41 bits per heavy atom. The molecule has 0 radical (unpaired) electrons. The summed E-state index contributed by atoms with van der Waals surface area (Å²) in [6, 6.07) is 12.7. The molecule has 2 aromatic rings. The molecule has 2 amide bonds. The van der Waals surface area contributed by atoms with Gasteiger partial charge in [0.05, 0.1) is 27.2 Å². The molecule has 2 aliphatic rings. The summed E-state index contributed by atoms with van der Waals surface area (Å²) >= 11 is 0. The van der Waals surface area contributed by atoms with Gasteiger partial charge in [0.1, 0.15) is 17.2 Å². The van der Waals surface area contributed by atoms with Gasteiger partial charge in [0.15, 0.2) is 0 Å². The topological polar surface area (TPSA) is 77.1 Å².